The Kier molecular flexibility index (Phi) is 3.96. The van der Waals surface area contributed by atoms with Gasteiger partial charge in [0.1, 0.15) is 4.90 Å². The van der Waals surface area contributed by atoms with Gasteiger partial charge in [-0.2, -0.15) is 5.10 Å². The van der Waals surface area contributed by atoms with Crippen LogP contribution < -0.4 is 10.0 Å². The van der Waals surface area contributed by atoms with Crippen LogP contribution in [0.2, 0.25) is 0 Å². The summed E-state index contributed by atoms with van der Waals surface area (Å²) in [6.45, 7) is 3.33. The van der Waals surface area contributed by atoms with Gasteiger partial charge in [0.25, 0.3) is 10.0 Å². The zero-order chi connectivity index (χ0) is 14.9. The molecule has 0 spiro atoms. The van der Waals surface area contributed by atoms with Crippen LogP contribution in [-0.2, 0) is 16.6 Å². The number of nitrogens with zero attached hydrogens (tertiary/aromatic N) is 3. The number of anilines is 1. The molecule has 7 nitrogen and oxygen atoms in total. The maximum absolute atomic E-state index is 12.2. The van der Waals surface area contributed by atoms with Crippen molar-refractivity contribution in [3.05, 3.63) is 23.5 Å². The van der Waals surface area contributed by atoms with Gasteiger partial charge in [0.05, 0.1) is 12.7 Å². The van der Waals surface area contributed by atoms with Crippen LogP contribution >= 0.6 is 11.3 Å². The van der Waals surface area contributed by atoms with E-state index in [4.69, 9.17) is 0 Å². The number of thiazole rings is 1. The highest BCUT2D eigenvalue weighted by Gasteiger charge is 2.20. The number of hydrogen-bond acceptors (Lipinski definition) is 6. The molecule has 1 aliphatic rings. The van der Waals surface area contributed by atoms with E-state index in [1.165, 1.54) is 36.6 Å². The van der Waals surface area contributed by atoms with Crippen molar-refractivity contribution in [1.29, 1.82) is 0 Å². The van der Waals surface area contributed by atoms with Gasteiger partial charge >= 0.3 is 0 Å². The van der Waals surface area contributed by atoms with Gasteiger partial charge in [-0.15, -0.1) is 11.3 Å². The molecule has 1 fully saturated rings. The van der Waals surface area contributed by atoms with Gasteiger partial charge in [-0.3, -0.25) is 9.40 Å². The van der Waals surface area contributed by atoms with E-state index in [9.17, 15) is 8.42 Å². The predicted molar refractivity (Wildman–Crippen MR) is 80.9 cm³/mol. The third-order valence-electron chi connectivity index (χ3n) is 3.11. The molecule has 2 heterocycles. The molecule has 2 aromatic heterocycles. The summed E-state index contributed by atoms with van der Waals surface area (Å²) in [5.41, 5.74) is 0. The second kappa shape index (κ2) is 5.74. The average molecular weight is 327 g/mol. The highest BCUT2D eigenvalue weighted by molar-refractivity contribution is 7.93. The smallest absolute Gasteiger partial charge is 0.266 e. The van der Waals surface area contributed by atoms with Crippen molar-refractivity contribution >= 4 is 26.5 Å². The fourth-order valence-corrected chi connectivity index (χ4v) is 3.71. The van der Waals surface area contributed by atoms with E-state index >= 15 is 0 Å². The number of aryl methyl sites for hydroxylation is 1. The number of aromatic nitrogens is 3. The highest BCUT2D eigenvalue weighted by atomic mass is 32.2. The first-order valence-corrected chi connectivity index (χ1v) is 9.04. The van der Waals surface area contributed by atoms with Gasteiger partial charge in [0.2, 0.25) is 0 Å². The number of hydrogen-bond donors (Lipinski definition) is 2. The van der Waals surface area contributed by atoms with Crippen molar-refractivity contribution in [3.8, 4) is 0 Å². The summed E-state index contributed by atoms with van der Waals surface area (Å²) in [7, 11) is -3.61. The van der Waals surface area contributed by atoms with Crippen molar-refractivity contribution in [2.45, 2.75) is 37.2 Å². The van der Waals surface area contributed by atoms with Crippen molar-refractivity contribution in [3.63, 3.8) is 0 Å². The third-order valence-corrected chi connectivity index (χ3v) is 5.36. The lowest BCUT2D eigenvalue weighted by Crippen LogP contribution is -2.22. The Labute approximate surface area is 127 Å². The Morgan fingerprint density at radius 3 is 2.90 bits per heavy atom. The Balaban J connectivity index is 1.62. The quantitative estimate of drug-likeness (QED) is 0.798. The Hall–Kier alpha value is -1.45. The minimum absolute atomic E-state index is 0.154. The molecule has 0 aliphatic heterocycles. The largest absolute Gasteiger partial charge is 0.312 e. The van der Waals surface area contributed by atoms with Crippen molar-refractivity contribution in [2.75, 3.05) is 11.3 Å². The van der Waals surface area contributed by atoms with Crippen molar-refractivity contribution < 1.29 is 8.42 Å². The summed E-state index contributed by atoms with van der Waals surface area (Å²) < 4.78 is 28.5. The van der Waals surface area contributed by atoms with Crippen LogP contribution in [0.15, 0.2) is 23.5 Å². The van der Waals surface area contributed by atoms with Crippen LogP contribution in [0.1, 0.15) is 17.7 Å². The maximum Gasteiger partial charge on any atom is 0.266 e. The molecule has 2 N–H and O–H groups in total. The molecule has 3 rings (SSSR count). The van der Waals surface area contributed by atoms with Gasteiger partial charge in [-0.1, -0.05) is 0 Å². The van der Waals surface area contributed by atoms with Gasteiger partial charge in [0.15, 0.2) is 5.13 Å². The van der Waals surface area contributed by atoms with E-state index in [0.29, 0.717) is 17.7 Å². The first kappa shape index (κ1) is 14.5. The van der Waals surface area contributed by atoms with E-state index in [-0.39, 0.29) is 4.90 Å². The molecule has 0 bridgehead atoms. The number of nitrogens with one attached hydrogen (secondary N) is 2. The molecule has 1 aliphatic carbocycles. The molecule has 0 saturated heterocycles. The first-order chi connectivity index (χ1) is 10.0. The number of rotatable bonds is 7. The molecule has 1 saturated carbocycles. The zero-order valence-electron chi connectivity index (χ0n) is 11.6. The molecule has 9 heteroatoms. The van der Waals surface area contributed by atoms with E-state index in [1.54, 1.807) is 10.9 Å². The van der Waals surface area contributed by atoms with Gasteiger partial charge in [0, 0.05) is 29.9 Å². The molecule has 0 aromatic carbocycles. The Morgan fingerprint density at radius 1 is 1.43 bits per heavy atom. The summed E-state index contributed by atoms with van der Waals surface area (Å²) in [6.07, 6.45) is 7.00. The van der Waals surface area contributed by atoms with Gasteiger partial charge in [-0.05, 0) is 19.8 Å². The molecule has 0 amide bonds. The van der Waals surface area contributed by atoms with E-state index < -0.39 is 10.0 Å². The fourth-order valence-electron chi connectivity index (χ4n) is 1.85. The van der Waals surface area contributed by atoms with E-state index in [0.717, 1.165) is 11.4 Å². The highest BCUT2D eigenvalue weighted by Crippen LogP contribution is 2.21. The van der Waals surface area contributed by atoms with Crippen LogP contribution in [0.5, 0.6) is 0 Å². The first-order valence-electron chi connectivity index (χ1n) is 6.74. The normalized spacial score (nSPS) is 15.3. The molecule has 0 unspecified atom stereocenters. The maximum atomic E-state index is 12.2. The summed E-state index contributed by atoms with van der Waals surface area (Å²) in [4.78, 5) is 5.11. The fraction of sp³-hybridized carbons (Fsp3) is 0.500. The molecule has 21 heavy (non-hydrogen) atoms. The molecule has 0 atom stereocenters. The summed E-state index contributed by atoms with van der Waals surface area (Å²) in [5.74, 6) is 0. The van der Waals surface area contributed by atoms with E-state index in [2.05, 4.69) is 20.1 Å². The lowest BCUT2D eigenvalue weighted by molar-refractivity contribution is 0.552. The Morgan fingerprint density at radius 2 is 2.24 bits per heavy atom. The SMILES string of the molecule is Cc1cnc(NS(=O)(=O)c2cnn(CCNC3CC3)c2)s1. The minimum Gasteiger partial charge on any atom is -0.312 e. The second-order valence-corrected chi connectivity index (χ2v) is 7.97. The second-order valence-electron chi connectivity index (χ2n) is 5.05. The summed E-state index contributed by atoms with van der Waals surface area (Å²) >= 11 is 1.30. The van der Waals surface area contributed by atoms with Gasteiger partial charge in [-0.25, -0.2) is 13.4 Å². The average Bonchev–Trinajstić information content (AvgIpc) is 2.94. The number of sulfonamides is 1. The predicted octanol–water partition coefficient (Wildman–Crippen LogP) is 1.20. The summed E-state index contributed by atoms with van der Waals surface area (Å²) in [5, 5.41) is 7.82. The molecular weight excluding hydrogens is 310 g/mol. The monoisotopic (exact) mass is 327 g/mol. The Bertz CT molecular complexity index is 718. The molecular formula is C12H17N5O2S2. The van der Waals surface area contributed by atoms with Crippen molar-refractivity contribution in [1.82, 2.24) is 20.1 Å². The lowest BCUT2D eigenvalue weighted by atomic mass is 10.6. The van der Waals surface area contributed by atoms with Gasteiger partial charge < -0.3 is 5.32 Å². The van der Waals surface area contributed by atoms with E-state index in [1.807, 2.05) is 6.92 Å². The molecule has 2 aromatic rings. The zero-order valence-corrected chi connectivity index (χ0v) is 13.2. The summed E-state index contributed by atoms with van der Waals surface area (Å²) in [6, 6.07) is 0.638. The minimum atomic E-state index is -3.61. The van der Waals surface area contributed by atoms with Crippen LogP contribution in [0.25, 0.3) is 0 Å². The molecule has 0 radical (unpaired) electrons. The van der Waals surface area contributed by atoms with Crippen LogP contribution in [-0.4, -0.2) is 35.8 Å². The van der Waals surface area contributed by atoms with Crippen LogP contribution in [0.4, 0.5) is 5.13 Å². The van der Waals surface area contributed by atoms with Crippen molar-refractivity contribution in [2.24, 2.45) is 0 Å². The van der Waals surface area contributed by atoms with Crippen LogP contribution in [0, 0.1) is 6.92 Å². The standard InChI is InChI=1S/C12H17N5O2S2/c1-9-6-14-12(20-9)16-21(18,19)11-7-15-17(8-11)5-4-13-10-2-3-10/h6-8,10,13H,2-5H2,1H3,(H,14,16). The third kappa shape index (κ3) is 3.80. The molecule has 114 valence electrons. The lowest BCUT2D eigenvalue weighted by Gasteiger charge is -2.03. The van der Waals surface area contributed by atoms with Crippen LogP contribution in [0.3, 0.4) is 0 Å². The topological polar surface area (TPSA) is 88.9 Å².